The Morgan fingerprint density at radius 2 is 1.75 bits per heavy atom. The molecule has 2 unspecified atom stereocenters. The van der Waals surface area contributed by atoms with Crippen LogP contribution < -0.4 is 18.9 Å². The zero-order valence-corrected chi connectivity index (χ0v) is 7.34. The average Bonchev–Trinajstić information content (AvgIpc) is 1.85. The molecular weight excluding hydrogens is 211 g/mol. The summed E-state index contributed by atoms with van der Waals surface area (Å²) in [7, 11) is 0. The van der Waals surface area contributed by atoms with Gasteiger partial charge in [-0.2, -0.15) is 8.78 Å². The second-order valence-electron chi connectivity index (χ2n) is 1.32. The summed E-state index contributed by atoms with van der Waals surface area (Å²) in [5, 5.41) is -0.673. The fraction of sp³-hybridized carbons (Fsp3) is 0.500. The minimum atomic E-state index is -4.63. The summed E-state index contributed by atoms with van der Waals surface area (Å²) in [6.07, 6.45) is 0. The Labute approximate surface area is 84.7 Å². The van der Waals surface area contributed by atoms with Gasteiger partial charge in [0.15, 0.2) is 5.04 Å². The number of nitrogens with one attached hydrogen (secondary N) is 1. The summed E-state index contributed by atoms with van der Waals surface area (Å²) in [6, 6.07) is 0. The van der Waals surface area contributed by atoms with Crippen LogP contribution in [0.2, 0.25) is 0 Å². The summed E-state index contributed by atoms with van der Waals surface area (Å²) in [4.78, 5) is 0. The van der Waals surface area contributed by atoms with Crippen molar-refractivity contribution in [1.29, 1.82) is 5.41 Å². The maximum atomic E-state index is 12.0. The topological polar surface area (TPSA) is 104 Å². The molecule has 0 spiro atoms. The molecule has 0 fully saturated rings. The van der Waals surface area contributed by atoms with Crippen LogP contribution in [0.15, 0.2) is 0 Å². The van der Waals surface area contributed by atoms with Gasteiger partial charge in [-0.05, 0) is 11.1 Å². The van der Waals surface area contributed by atoms with Crippen LogP contribution in [0.5, 0.6) is 0 Å². The third-order valence-corrected chi connectivity index (χ3v) is 1.98. The van der Waals surface area contributed by atoms with Gasteiger partial charge in [0, 0.05) is 11.1 Å². The fourth-order valence-electron chi connectivity index (χ4n) is 0.173. The minimum absolute atomic E-state index is 0. The second-order valence-corrected chi connectivity index (χ2v) is 3.18. The van der Waals surface area contributed by atoms with Crippen LogP contribution in [0.25, 0.3) is 0 Å². The maximum Gasteiger partial charge on any atom is 1.00 e. The molecule has 0 bridgehead atoms. The van der Waals surface area contributed by atoms with Crippen LogP contribution in [-0.2, 0) is 22.2 Å². The summed E-state index contributed by atoms with van der Waals surface area (Å²) in [5.74, 6) is 0. The van der Waals surface area contributed by atoms with Crippen LogP contribution in [0.1, 0.15) is 1.43 Å². The van der Waals surface area contributed by atoms with E-state index in [-0.39, 0.29) is 20.3 Å². The first kappa shape index (κ1) is 14.8. The van der Waals surface area contributed by atoms with Gasteiger partial charge in [-0.1, -0.05) is 0 Å². The molecule has 0 aromatic heterocycles. The largest absolute Gasteiger partial charge is 1.00 e. The Bertz CT molecular complexity index is 238. The van der Waals surface area contributed by atoms with Gasteiger partial charge in [0.25, 0.3) is 0 Å². The van der Waals surface area contributed by atoms with Crippen LogP contribution >= 0.6 is 0 Å². The van der Waals surface area contributed by atoms with Crippen molar-refractivity contribution in [2.75, 3.05) is 0 Å². The van der Waals surface area contributed by atoms with E-state index < -0.39 is 32.5 Å². The molecule has 2 atom stereocenters. The molecule has 5 nitrogen and oxygen atoms in total. The normalized spacial score (nSPS) is 16.0. The molecule has 0 saturated heterocycles. The van der Waals surface area contributed by atoms with Crippen molar-refractivity contribution in [2.24, 2.45) is 0 Å². The van der Waals surface area contributed by atoms with Gasteiger partial charge >= 0.3 is 24.1 Å². The maximum absolute atomic E-state index is 12.0. The quantitative estimate of drug-likeness (QED) is 0.222. The zero-order valence-electron chi connectivity index (χ0n) is 6.71. The molecule has 0 radical (unpaired) electrons. The van der Waals surface area contributed by atoms with E-state index in [4.69, 9.17) is 5.41 Å². The molecule has 0 aromatic rings. The Morgan fingerprint density at radius 3 is 1.83 bits per heavy atom. The molecule has 12 heavy (non-hydrogen) atoms. The number of hydrogen-bond acceptors (Lipinski definition) is 5. The predicted octanol–water partition coefficient (Wildman–Crippen LogP) is -3.57. The van der Waals surface area contributed by atoms with E-state index in [1.54, 1.807) is 0 Å². The van der Waals surface area contributed by atoms with Crippen molar-refractivity contribution in [3.05, 3.63) is 0 Å². The smallest absolute Gasteiger partial charge is 1.00 e. The second kappa shape index (κ2) is 5.16. The monoisotopic (exact) mass is 213 g/mol. The van der Waals surface area contributed by atoms with Crippen molar-refractivity contribution in [3.8, 4) is 0 Å². The van der Waals surface area contributed by atoms with Crippen LogP contribution in [0.4, 0.5) is 8.78 Å². The first-order valence-electron chi connectivity index (χ1n) is 1.95. The zero-order chi connectivity index (χ0) is 9.23. The third kappa shape index (κ3) is 3.38. The SMILES string of the molecule is N=C(S(=O)[O-])C(F)(F)S(=O)[O-].[H-].[Li+]. The first-order chi connectivity index (χ1) is 4.80. The van der Waals surface area contributed by atoms with Gasteiger partial charge in [0.2, 0.25) is 0 Å². The summed E-state index contributed by atoms with van der Waals surface area (Å²) in [5.41, 5.74) is 0. The predicted molar refractivity (Wildman–Crippen MR) is 31.6 cm³/mol. The molecular formula is C2H2F2LiNO4S2-2. The number of hydrogen-bond donors (Lipinski definition) is 1. The van der Waals surface area contributed by atoms with Crippen LogP contribution in [-0.4, -0.2) is 27.8 Å². The molecule has 0 aliphatic rings. The van der Waals surface area contributed by atoms with Crippen LogP contribution in [0, 0.1) is 5.41 Å². The minimum Gasteiger partial charge on any atom is -1.00 e. The van der Waals surface area contributed by atoms with Gasteiger partial charge < -0.3 is 10.5 Å². The summed E-state index contributed by atoms with van der Waals surface area (Å²) >= 11 is -7.44. The Balaban J connectivity index is -0.000000500. The third-order valence-electron chi connectivity index (χ3n) is 0.640. The van der Waals surface area contributed by atoms with E-state index in [2.05, 4.69) is 0 Å². The van der Waals surface area contributed by atoms with Gasteiger partial charge in [-0.3, -0.25) is 13.8 Å². The van der Waals surface area contributed by atoms with E-state index >= 15 is 0 Å². The molecule has 0 aromatic carbocycles. The van der Waals surface area contributed by atoms with E-state index in [1.165, 1.54) is 0 Å². The molecule has 1 N–H and O–H groups in total. The Kier molecular flexibility index (Phi) is 6.38. The molecule has 0 heterocycles. The van der Waals surface area contributed by atoms with E-state index in [1.807, 2.05) is 0 Å². The van der Waals surface area contributed by atoms with E-state index in [0.29, 0.717) is 0 Å². The Morgan fingerprint density at radius 1 is 1.42 bits per heavy atom. The fourth-order valence-corrected chi connectivity index (χ4v) is 0.926. The summed E-state index contributed by atoms with van der Waals surface area (Å²) in [6.45, 7) is 0. The van der Waals surface area contributed by atoms with Gasteiger partial charge in [0.1, 0.15) is 0 Å². The molecule has 10 heteroatoms. The van der Waals surface area contributed by atoms with Crippen molar-refractivity contribution in [1.82, 2.24) is 0 Å². The molecule has 0 aliphatic carbocycles. The molecule has 0 aliphatic heterocycles. The standard InChI is InChI=1S/C2H3F2NO4S2.Li.H/c3-2(4,11(8)9)1(5)10(6)7;;/h5H,(H,6,7)(H,8,9);;/q;+1;-1/p-2. The van der Waals surface area contributed by atoms with Crippen LogP contribution in [0.3, 0.4) is 0 Å². The van der Waals surface area contributed by atoms with Gasteiger partial charge in [0.05, 0.1) is 0 Å². The molecule has 0 rings (SSSR count). The van der Waals surface area contributed by atoms with Gasteiger partial charge in [-0.25, -0.2) is 0 Å². The van der Waals surface area contributed by atoms with Crippen molar-refractivity contribution in [2.45, 2.75) is 5.25 Å². The molecule has 68 valence electrons. The number of halogens is 2. The van der Waals surface area contributed by atoms with E-state index in [0.717, 1.165) is 0 Å². The van der Waals surface area contributed by atoms with Crippen molar-refractivity contribution < 1.29 is 46.6 Å². The molecule has 0 amide bonds. The van der Waals surface area contributed by atoms with Gasteiger partial charge in [-0.15, -0.1) is 0 Å². The molecule has 0 saturated carbocycles. The first-order valence-corrected chi connectivity index (χ1v) is 4.10. The van der Waals surface area contributed by atoms with E-state index in [9.17, 15) is 26.3 Å². The average molecular weight is 213 g/mol. The van der Waals surface area contributed by atoms with Crippen molar-refractivity contribution >= 4 is 27.2 Å². The summed E-state index contributed by atoms with van der Waals surface area (Å²) < 4.78 is 62.5. The Hall–Kier alpha value is 0.347. The van der Waals surface area contributed by atoms with Crippen molar-refractivity contribution in [3.63, 3.8) is 0 Å². The number of alkyl halides is 2. The number of rotatable bonds is 2.